The minimum Gasteiger partial charge on any atom is -0.469 e. The van der Waals surface area contributed by atoms with Gasteiger partial charge in [-0.15, -0.1) is 0 Å². The zero-order chi connectivity index (χ0) is 16.2. The molecule has 9 heteroatoms. The Hall–Kier alpha value is -2.32. The largest absolute Gasteiger partial charge is 0.469 e. The standard InChI is InChI=1S/C12H14F3N3O3/c1-18(6-5-9(19)21-2)11-7(10(16)20)3-4-8(17-11)12(13,14)15/h3-4H,5-6H2,1-2H3,(H2,16,20). The number of alkyl halides is 3. The Kier molecular flexibility index (Phi) is 5.12. The van der Waals surface area contributed by atoms with E-state index in [1.54, 1.807) is 0 Å². The molecule has 116 valence electrons. The molecule has 1 rings (SSSR count). The van der Waals surface area contributed by atoms with Gasteiger partial charge < -0.3 is 15.4 Å². The molecule has 6 nitrogen and oxygen atoms in total. The van der Waals surface area contributed by atoms with E-state index in [4.69, 9.17) is 5.73 Å². The number of nitrogens with two attached hydrogens (primary N) is 1. The van der Waals surface area contributed by atoms with Crippen LogP contribution in [0.2, 0.25) is 0 Å². The van der Waals surface area contributed by atoms with Crippen molar-refractivity contribution in [2.24, 2.45) is 5.73 Å². The Bertz CT molecular complexity index is 546. The molecule has 0 bridgehead atoms. The highest BCUT2D eigenvalue weighted by Crippen LogP contribution is 2.30. The Labute approximate surface area is 118 Å². The van der Waals surface area contributed by atoms with E-state index in [1.807, 2.05) is 0 Å². The summed E-state index contributed by atoms with van der Waals surface area (Å²) in [6.07, 6.45) is -4.71. The van der Waals surface area contributed by atoms with Gasteiger partial charge in [-0.3, -0.25) is 9.59 Å². The third-order valence-corrected chi connectivity index (χ3v) is 2.67. The van der Waals surface area contributed by atoms with Crippen LogP contribution in [-0.4, -0.2) is 37.6 Å². The highest BCUT2D eigenvalue weighted by Gasteiger charge is 2.33. The van der Waals surface area contributed by atoms with Crippen LogP contribution in [0.15, 0.2) is 12.1 Å². The first-order chi connectivity index (χ1) is 9.66. The normalized spacial score (nSPS) is 11.1. The number of methoxy groups -OCH3 is 1. The van der Waals surface area contributed by atoms with Crippen molar-refractivity contribution < 1.29 is 27.5 Å². The number of hydrogen-bond acceptors (Lipinski definition) is 5. The molecule has 2 N–H and O–H groups in total. The molecule has 0 spiro atoms. The number of amides is 1. The number of rotatable bonds is 5. The Morgan fingerprint density at radius 3 is 2.48 bits per heavy atom. The van der Waals surface area contributed by atoms with Crippen LogP contribution in [0.1, 0.15) is 22.5 Å². The number of carbonyl (C=O) groups excluding carboxylic acids is 2. The van der Waals surface area contributed by atoms with Gasteiger partial charge in [-0.25, -0.2) is 4.98 Å². The molecule has 0 aliphatic rings. The average molecular weight is 305 g/mol. The van der Waals surface area contributed by atoms with E-state index in [0.29, 0.717) is 6.07 Å². The summed E-state index contributed by atoms with van der Waals surface area (Å²) in [7, 11) is 2.59. The predicted molar refractivity (Wildman–Crippen MR) is 67.7 cm³/mol. The SMILES string of the molecule is COC(=O)CCN(C)c1nc(C(F)(F)F)ccc1C(N)=O. The van der Waals surface area contributed by atoms with Gasteiger partial charge in [0.2, 0.25) is 0 Å². The summed E-state index contributed by atoms with van der Waals surface area (Å²) in [6, 6.07) is 1.64. The van der Waals surface area contributed by atoms with Crippen molar-refractivity contribution in [2.45, 2.75) is 12.6 Å². The van der Waals surface area contributed by atoms with Gasteiger partial charge in [0.25, 0.3) is 5.91 Å². The van der Waals surface area contributed by atoms with Crippen LogP contribution < -0.4 is 10.6 Å². The lowest BCUT2D eigenvalue weighted by Crippen LogP contribution is -2.27. The van der Waals surface area contributed by atoms with E-state index >= 15 is 0 Å². The fraction of sp³-hybridized carbons (Fsp3) is 0.417. The summed E-state index contributed by atoms with van der Waals surface area (Å²) < 4.78 is 42.4. The number of ether oxygens (including phenoxy) is 1. The second kappa shape index (κ2) is 6.42. The molecule has 0 atom stereocenters. The number of carbonyl (C=O) groups is 2. The molecule has 1 aromatic rings. The number of nitrogens with zero attached hydrogens (tertiary/aromatic N) is 2. The maximum atomic E-state index is 12.7. The molecule has 1 aromatic heterocycles. The third-order valence-electron chi connectivity index (χ3n) is 2.67. The molecule has 21 heavy (non-hydrogen) atoms. The minimum absolute atomic E-state index is 0.0290. The molecule has 0 aliphatic heterocycles. The van der Waals surface area contributed by atoms with E-state index in [2.05, 4.69) is 9.72 Å². The number of esters is 1. The first-order valence-corrected chi connectivity index (χ1v) is 5.82. The highest BCUT2D eigenvalue weighted by atomic mass is 19.4. The molecule has 0 aliphatic carbocycles. The van der Waals surface area contributed by atoms with Crippen LogP contribution in [0.4, 0.5) is 19.0 Å². The van der Waals surface area contributed by atoms with Gasteiger partial charge in [0.1, 0.15) is 11.5 Å². The van der Waals surface area contributed by atoms with Gasteiger partial charge in [-0.2, -0.15) is 13.2 Å². The lowest BCUT2D eigenvalue weighted by Gasteiger charge is -2.21. The van der Waals surface area contributed by atoms with Gasteiger partial charge in [0.15, 0.2) is 0 Å². The molecular formula is C12H14F3N3O3. The number of hydrogen-bond donors (Lipinski definition) is 1. The van der Waals surface area contributed by atoms with Crippen LogP contribution in [0.25, 0.3) is 0 Å². The number of pyridine rings is 1. The molecular weight excluding hydrogens is 291 g/mol. The van der Waals surface area contributed by atoms with Crippen molar-refractivity contribution in [2.75, 3.05) is 25.6 Å². The van der Waals surface area contributed by atoms with Gasteiger partial charge >= 0.3 is 12.1 Å². The molecule has 0 saturated carbocycles. The zero-order valence-electron chi connectivity index (χ0n) is 11.4. The smallest absolute Gasteiger partial charge is 0.433 e. The molecule has 0 fully saturated rings. The van der Waals surface area contributed by atoms with Gasteiger partial charge in [-0.1, -0.05) is 0 Å². The molecule has 0 radical (unpaired) electrons. The van der Waals surface area contributed by atoms with Crippen LogP contribution in [0.3, 0.4) is 0 Å². The average Bonchev–Trinajstić information content (AvgIpc) is 2.42. The van der Waals surface area contributed by atoms with E-state index in [9.17, 15) is 22.8 Å². The summed E-state index contributed by atoms with van der Waals surface area (Å²) in [5, 5.41) is 0. The quantitative estimate of drug-likeness (QED) is 0.826. The Morgan fingerprint density at radius 2 is 2.00 bits per heavy atom. The second-order valence-electron chi connectivity index (χ2n) is 4.18. The van der Waals surface area contributed by atoms with Crippen molar-refractivity contribution in [1.82, 2.24) is 4.98 Å². The lowest BCUT2D eigenvalue weighted by molar-refractivity contribution is -0.141. The third kappa shape index (κ3) is 4.33. The van der Waals surface area contributed by atoms with Crippen LogP contribution in [0.5, 0.6) is 0 Å². The first-order valence-electron chi connectivity index (χ1n) is 5.82. The second-order valence-corrected chi connectivity index (χ2v) is 4.18. The lowest BCUT2D eigenvalue weighted by atomic mass is 10.2. The number of aromatic nitrogens is 1. The molecule has 0 saturated heterocycles. The topological polar surface area (TPSA) is 85.5 Å². The van der Waals surface area contributed by atoms with Crippen molar-refractivity contribution in [1.29, 1.82) is 0 Å². The van der Waals surface area contributed by atoms with Gasteiger partial charge in [0, 0.05) is 13.6 Å². The van der Waals surface area contributed by atoms with Crippen molar-refractivity contribution >= 4 is 17.7 Å². The maximum absolute atomic E-state index is 12.7. The fourth-order valence-corrected chi connectivity index (χ4v) is 1.56. The molecule has 0 aromatic carbocycles. The maximum Gasteiger partial charge on any atom is 0.433 e. The summed E-state index contributed by atoms with van der Waals surface area (Å²) in [5.41, 5.74) is 3.81. The highest BCUT2D eigenvalue weighted by molar-refractivity contribution is 5.97. The van der Waals surface area contributed by atoms with Crippen molar-refractivity contribution in [3.63, 3.8) is 0 Å². The van der Waals surface area contributed by atoms with E-state index < -0.39 is 23.7 Å². The summed E-state index contributed by atoms with van der Waals surface area (Å²) in [5.74, 6) is -1.67. The molecule has 0 unspecified atom stereocenters. The first kappa shape index (κ1) is 16.7. The Balaban J connectivity index is 3.11. The fourth-order valence-electron chi connectivity index (χ4n) is 1.56. The number of halogens is 3. The van der Waals surface area contributed by atoms with E-state index in [1.165, 1.54) is 19.1 Å². The Morgan fingerprint density at radius 1 is 1.38 bits per heavy atom. The molecule has 1 amide bonds. The zero-order valence-corrected chi connectivity index (χ0v) is 11.4. The summed E-state index contributed by atoms with van der Waals surface area (Å²) >= 11 is 0. The number of anilines is 1. The summed E-state index contributed by atoms with van der Waals surface area (Å²) in [6.45, 7) is 0.0290. The minimum atomic E-state index is -4.64. The van der Waals surface area contributed by atoms with E-state index in [0.717, 1.165) is 6.07 Å². The van der Waals surface area contributed by atoms with Crippen molar-refractivity contribution in [3.8, 4) is 0 Å². The van der Waals surface area contributed by atoms with E-state index in [-0.39, 0.29) is 24.3 Å². The predicted octanol–water partition coefficient (Wildman–Crippen LogP) is 1.20. The van der Waals surface area contributed by atoms with Gasteiger partial charge in [0.05, 0.1) is 19.1 Å². The van der Waals surface area contributed by atoms with Crippen LogP contribution >= 0.6 is 0 Å². The summed E-state index contributed by atoms with van der Waals surface area (Å²) in [4.78, 5) is 27.0. The van der Waals surface area contributed by atoms with Gasteiger partial charge in [-0.05, 0) is 12.1 Å². The van der Waals surface area contributed by atoms with Crippen molar-refractivity contribution in [3.05, 3.63) is 23.4 Å². The monoisotopic (exact) mass is 305 g/mol. The van der Waals surface area contributed by atoms with Crippen LogP contribution in [0, 0.1) is 0 Å². The van der Waals surface area contributed by atoms with Crippen LogP contribution in [-0.2, 0) is 15.7 Å². The number of primary amides is 1. The molecule has 1 heterocycles.